The third kappa shape index (κ3) is 1.99. The van der Waals surface area contributed by atoms with E-state index in [-0.39, 0.29) is 33.3 Å². The van der Waals surface area contributed by atoms with E-state index in [1.165, 1.54) is 30.5 Å². The molecular weight excluding hydrogens is 308 g/mol. The minimum atomic E-state index is -0.402. The molecule has 5 nitrogen and oxygen atoms in total. The van der Waals surface area contributed by atoms with Crippen LogP contribution in [-0.4, -0.2) is 16.7 Å². The second kappa shape index (κ2) is 5.03. The van der Waals surface area contributed by atoms with Gasteiger partial charge in [0, 0.05) is 17.2 Å². The second-order valence-corrected chi connectivity index (χ2v) is 5.46. The van der Waals surface area contributed by atoms with Gasteiger partial charge in [0.2, 0.25) is 0 Å². The number of ketones is 2. The Morgan fingerprint density at radius 2 is 1.58 bits per heavy atom. The molecule has 116 valence electrons. The summed E-state index contributed by atoms with van der Waals surface area (Å²) in [6.07, 6.45) is 2.45. The van der Waals surface area contributed by atoms with Crippen molar-refractivity contribution in [1.29, 1.82) is 0 Å². The predicted molar refractivity (Wildman–Crippen MR) is 87.2 cm³/mol. The maximum Gasteiger partial charge on any atom is 0.199 e. The quantitative estimate of drug-likeness (QED) is 0.551. The lowest BCUT2D eigenvalue weighted by Gasteiger charge is -2.00. The Morgan fingerprint density at radius 3 is 2.25 bits per heavy atom. The smallest absolute Gasteiger partial charge is 0.199 e. The van der Waals surface area contributed by atoms with E-state index in [9.17, 15) is 19.5 Å². The Labute approximate surface area is 135 Å². The number of phenolic OH excluding ortho intramolecular Hbond substituents is 1. The van der Waals surface area contributed by atoms with E-state index in [1.54, 1.807) is 24.3 Å². The first-order valence-corrected chi connectivity index (χ1v) is 7.21. The maximum atomic E-state index is 12.5. The normalized spacial score (nSPS) is 13.4. The van der Waals surface area contributed by atoms with Crippen LogP contribution in [-0.2, 0) is 0 Å². The Balaban J connectivity index is 1.88. The molecule has 1 heterocycles. The number of rotatable bonds is 1. The fourth-order valence-corrected chi connectivity index (χ4v) is 2.79. The van der Waals surface area contributed by atoms with Gasteiger partial charge in [-0.3, -0.25) is 14.4 Å². The molecule has 3 aromatic rings. The van der Waals surface area contributed by atoms with Crippen molar-refractivity contribution in [2.75, 3.05) is 0 Å². The van der Waals surface area contributed by atoms with Gasteiger partial charge >= 0.3 is 0 Å². The van der Waals surface area contributed by atoms with Crippen molar-refractivity contribution < 1.29 is 19.1 Å². The summed E-state index contributed by atoms with van der Waals surface area (Å²) >= 11 is 0. The summed E-state index contributed by atoms with van der Waals surface area (Å²) in [5.41, 5.74) is 0.585. The molecule has 5 heteroatoms. The van der Waals surface area contributed by atoms with E-state index in [1.807, 2.05) is 0 Å². The number of benzene rings is 2. The van der Waals surface area contributed by atoms with Crippen LogP contribution in [0.25, 0.3) is 17.0 Å². The molecule has 24 heavy (non-hydrogen) atoms. The first-order chi connectivity index (χ1) is 11.6. The molecule has 4 rings (SSSR count). The lowest BCUT2D eigenvalue weighted by molar-refractivity contribution is 0.0990. The van der Waals surface area contributed by atoms with Crippen molar-refractivity contribution in [3.8, 4) is 5.75 Å². The lowest BCUT2D eigenvalue weighted by Crippen LogP contribution is -2.08. The van der Waals surface area contributed by atoms with Gasteiger partial charge in [-0.25, -0.2) is 0 Å². The number of phenols is 1. The average Bonchev–Trinajstić information content (AvgIpc) is 2.82. The fourth-order valence-electron chi connectivity index (χ4n) is 2.79. The summed E-state index contributed by atoms with van der Waals surface area (Å²) in [6.45, 7) is 0. The van der Waals surface area contributed by atoms with E-state index in [4.69, 9.17) is 4.42 Å². The number of aromatic hydroxyl groups is 1. The van der Waals surface area contributed by atoms with Crippen molar-refractivity contribution in [2.24, 2.45) is 0 Å². The second-order valence-electron chi connectivity index (χ2n) is 5.46. The number of Topliss-reactive ketones (excluding diaryl/α,β-unsaturated/α-hetero) is 2. The summed E-state index contributed by atoms with van der Waals surface area (Å²) in [5.74, 6) is -0.824. The van der Waals surface area contributed by atoms with Crippen molar-refractivity contribution in [2.45, 2.75) is 0 Å². The first kappa shape index (κ1) is 14.1. The summed E-state index contributed by atoms with van der Waals surface area (Å²) < 4.78 is 5.34. The highest BCUT2D eigenvalue weighted by Crippen LogP contribution is 2.27. The number of carbonyl (C=O) groups excluding carboxylic acids is 2. The molecule has 0 radical (unpaired) electrons. The topological polar surface area (TPSA) is 84.6 Å². The molecule has 2 aromatic carbocycles. The van der Waals surface area contributed by atoms with Gasteiger partial charge in [0.05, 0.1) is 16.5 Å². The molecule has 0 fully saturated rings. The standard InChI is InChI=1S/C19H10O5/c20-11-5-6-14-16(8-11)24-9-10(17(14)21)7-15-18(22)12-3-1-2-4-13(12)19(15)23/h1-9,20H. The Bertz CT molecular complexity index is 1080. The van der Waals surface area contributed by atoms with Gasteiger partial charge in [-0.2, -0.15) is 0 Å². The zero-order valence-corrected chi connectivity index (χ0v) is 12.3. The molecule has 0 bridgehead atoms. The van der Waals surface area contributed by atoms with Gasteiger partial charge in [-0.15, -0.1) is 0 Å². The van der Waals surface area contributed by atoms with E-state index < -0.39 is 11.6 Å². The SMILES string of the molecule is O=C1C(=Cc2coc3cc(O)ccc3c2=O)C(=O)c2ccccc21. The fraction of sp³-hybridized carbons (Fsp3) is 0. The molecule has 1 aliphatic carbocycles. The first-order valence-electron chi connectivity index (χ1n) is 7.21. The maximum absolute atomic E-state index is 12.5. The Morgan fingerprint density at radius 1 is 0.917 bits per heavy atom. The molecule has 1 N–H and O–H groups in total. The minimum absolute atomic E-state index is 0.0200. The summed E-state index contributed by atoms with van der Waals surface area (Å²) in [7, 11) is 0. The van der Waals surface area contributed by atoms with Crippen LogP contribution < -0.4 is 5.43 Å². The van der Waals surface area contributed by atoms with Crippen LogP contribution in [0.3, 0.4) is 0 Å². The molecule has 0 saturated heterocycles. The summed E-state index contributed by atoms with van der Waals surface area (Å²) in [4.78, 5) is 37.3. The van der Waals surface area contributed by atoms with Crippen molar-refractivity contribution in [3.05, 3.63) is 81.2 Å². The number of carbonyl (C=O) groups is 2. The Kier molecular flexibility index (Phi) is 2.96. The zero-order valence-electron chi connectivity index (χ0n) is 12.3. The molecule has 0 atom stereocenters. The highest BCUT2D eigenvalue weighted by Gasteiger charge is 2.32. The van der Waals surface area contributed by atoms with E-state index >= 15 is 0 Å². The minimum Gasteiger partial charge on any atom is -0.508 e. The number of hydrogen-bond donors (Lipinski definition) is 1. The van der Waals surface area contributed by atoms with Crippen molar-refractivity contribution in [3.63, 3.8) is 0 Å². The molecule has 0 aliphatic heterocycles. The highest BCUT2D eigenvalue weighted by molar-refractivity contribution is 6.41. The van der Waals surface area contributed by atoms with E-state index in [0.29, 0.717) is 11.1 Å². The molecule has 0 spiro atoms. The van der Waals surface area contributed by atoms with Gasteiger partial charge < -0.3 is 9.52 Å². The lowest BCUT2D eigenvalue weighted by atomic mass is 10.1. The van der Waals surface area contributed by atoms with Crippen molar-refractivity contribution >= 4 is 28.6 Å². The van der Waals surface area contributed by atoms with Crippen LogP contribution in [0.4, 0.5) is 0 Å². The van der Waals surface area contributed by atoms with Gasteiger partial charge in [-0.05, 0) is 18.2 Å². The van der Waals surface area contributed by atoms with Crippen LogP contribution >= 0.6 is 0 Å². The molecular formula is C19H10O5. The monoisotopic (exact) mass is 318 g/mol. The number of fused-ring (bicyclic) bond motifs is 2. The van der Waals surface area contributed by atoms with E-state index in [0.717, 1.165) is 0 Å². The van der Waals surface area contributed by atoms with Gasteiger partial charge in [0.15, 0.2) is 17.0 Å². The van der Waals surface area contributed by atoms with E-state index in [2.05, 4.69) is 0 Å². The van der Waals surface area contributed by atoms with Crippen LogP contribution in [0.15, 0.2) is 63.5 Å². The average molecular weight is 318 g/mol. The Hall–Kier alpha value is -3.47. The largest absolute Gasteiger partial charge is 0.508 e. The van der Waals surface area contributed by atoms with Gasteiger partial charge in [-0.1, -0.05) is 24.3 Å². The molecule has 0 saturated carbocycles. The molecule has 1 aromatic heterocycles. The van der Waals surface area contributed by atoms with Crippen molar-refractivity contribution in [1.82, 2.24) is 0 Å². The van der Waals surface area contributed by atoms with Gasteiger partial charge in [0.1, 0.15) is 17.6 Å². The highest BCUT2D eigenvalue weighted by atomic mass is 16.3. The molecule has 0 unspecified atom stereocenters. The predicted octanol–water partition coefficient (Wildman–Crippen LogP) is 2.96. The molecule has 0 amide bonds. The molecule has 1 aliphatic rings. The third-order valence-electron chi connectivity index (χ3n) is 3.99. The van der Waals surface area contributed by atoms with Gasteiger partial charge in [0.25, 0.3) is 0 Å². The summed E-state index contributed by atoms with van der Waals surface area (Å²) in [6, 6.07) is 10.7. The van der Waals surface area contributed by atoms with Crippen LogP contribution in [0, 0.1) is 0 Å². The number of hydrogen-bond acceptors (Lipinski definition) is 5. The summed E-state index contributed by atoms with van der Waals surface area (Å²) in [5, 5.41) is 9.69. The number of allylic oxidation sites excluding steroid dienone is 1. The van der Waals surface area contributed by atoms with Crippen LogP contribution in [0.2, 0.25) is 0 Å². The third-order valence-corrected chi connectivity index (χ3v) is 3.99. The van der Waals surface area contributed by atoms with Crippen LogP contribution in [0.1, 0.15) is 26.3 Å². The zero-order chi connectivity index (χ0) is 16.8. The van der Waals surface area contributed by atoms with Crippen LogP contribution in [0.5, 0.6) is 5.75 Å².